The highest BCUT2D eigenvalue weighted by Crippen LogP contribution is 2.32. The van der Waals surface area contributed by atoms with Crippen LogP contribution in [0.4, 0.5) is 0 Å². The first-order valence-corrected chi connectivity index (χ1v) is 6.86. The number of rotatable bonds is 3. The number of benzene rings is 1. The summed E-state index contributed by atoms with van der Waals surface area (Å²) in [5, 5.41) is 8.46. The number of fused-ring (bicyclic) bond motifs is 1. The molecule has 0 aliphatic heterocycles. The van der Waals surface area contributed by atoms with Gasteiger partial charge in [0.15, 0.2) is 0 Å². The predicted molar refractivity (Wildman–Crippen MR) is 75.9 cm³/mol. The Bertz CT molecular complexity index is 557. The molecule has 0 N–H and O–H groups in total. The molecule has 5 heteroatoms. The zero-order valence-corrected chi connectivity index (χ0v) is 12.8. The molecule has 0 saturated carbocycles. The Hall–Kier alpha value is -1.10. The molecule has 1 heterocycles. The van der Waals surface area contributed by atoms with Crippen LogP contribution in [0.1, 0.15) is 27.7 Å². The maximum atomic E-state index is 5.53. The quantitative estimate of drug-likeness (QED) is 0.869. The van der Waals surface area contributed by atoms with Crippen LogP contribution in [0.15, 0.2) is 16.6 Å². The zero-order valence-electron chi connectivity index (χ0n) is 11.2. The number of hydrogen-bond donors (Lipinski definition) is 0. The molecule has 0 saturated heterocycles. The fourth-order valence-corrected chi connectivity index (χ4v) is 2.35. The van der Waals surface area contributed by atoms with Crippen LogP contribution < -0.4 is 4.74 Å². The fraction of sp³-hybridized carbons (Fsp3) is 0.538. The van der Waals surface area contributed by atoms with Crippen LogP contribution in [0.5, 0.6) is 5.75 Å². The first kappa shape index (κ1) is 13.3. The maximum Gasteiger partial charge on any atom is 0.135 e. The second kappa shape index (κ2) is 4.88. The van der Waals surface area contributed by atoms with Crippen molar-refractivity contribution in [2.75, 3.05) is 6.61 Å². The van der Waals surface area contributed by atoms with Gasteiger partial charge < -0.3 is 4.74 Å². The average molecular weight is 312 g/mol. The fourth-order valence-electron chi connectivity index (χ4n) is 1.82. The molecule has 0 radical (unpaired) electrons. The minimum absolute atomic E-state index is 0.172. The summed E-state index contributed by atoms with van der Waals surface area (Å²) >= 11 is 3.53. The zero-order chi connectivity index (χ0) is 13.3. The van der Waals surface area contributed by atoms with E-state index >= 15 is 0 Å². The lowest BCUT2D eigenvalue weighted by atomic mass is 9.97. The first-order chi connectivity index (χ1) is 8.42. The van der Waals surface area contributed by atoms with Crippen molar-refractivity contribution < 1.29 is 4.74 Å². The molecule has 0 aliphatic rings. The normalized spacial score (nSPS) is 12.1. The van der Waals surface area contributed by atoms with Gasteiger partial charge in [-0.05, 0) is 40.4 Å². The van der Waals surface area contributed by atoms with E-state index in [9.17, 15) is 0 Å². The Morgan fingerprint density at radius 3 is 2.67 bits per heavy atom. The van der Waals surface area contributed by atoms with Crippen LogP contribution in [0.2, 0.25) is 0 Å². The van der Waals surface area contributed by atoms with Gasteiger partial charge >= 0.3 is 0 Å². The highest BCUT2D eigenvalue weighted by Gasteiger charge is 2.17. The Morgan fingerprint density at radius 2 is 2.06 bits per heavy atom. The van der Waals surface area contributed by atoms with E-state index in [1.165, 1.54) is 0 Å². The number of aromatic nitrogens is 3. The van der Waals surface area contributed by atoms with E-state index in [1.807, 2.05) is 23.7 Å². The van der Waals surface area contributed by atoms with Crippen LogP contribution in [0.3, 0.4) is 0 Å². The monoisotopic (exact) mass is 311 g/mol. The summed E-state index contributed by atoms with van der Waals surface area (Å²) in [4.78, 5) is 0. The van der Waals surface area contributed by atoms with Gasteiger partial charge in [0.25, 0.3) is 0 Å². The molecule has 0 amide bonds. The standard InChI is InChI=1S/C13H18BrN3O/c1-5-18-10-7-6-9-12(11(10)14)15-16-17(9)8-13(2,3)4/h6-7H,5,8H2,1-4H3. The lowest BCUT2D eigenvalue weighted by Gasteiger charge is -2.17. The molecule has 0 atom stereocenters. The second-order valence-corrected chi connectivity index (χ2v) is 6.28. The summed E-state index contributed by atoms with van der Waals surface area (Å²) < 4.78 is 8.35. The molecule has 0 fully saturated rings. The molecule has 1 aromatic carbocycles. The van der Waals surface area contributed by atoms with Crippen molar-refractivity contribution >= 4 is 27.0 Å². The number of hydrogen-bond acceptors (Lipinski definition) is 3. The lowest BCUT2D eigenvalue weighted by molar-refractivity contribution is 0.327. The van der Waals surface area contributed by atoms with Gasteiger partial charge in [-0.15, -0.1) is 5.10 Å². The summed E-state index contributed by atoms with van der Waals surface area (Å²) in [6.45, 7) is 10.00. The van der Waals surface area contributed by atoms with Crippen molar-refractivity contribution in [3.05, 3.63) is 16.6 Å². The topological polar surface area (TPSA) is 39.9 Å². The van der Waals surface area contributed by atoms with Crippen LogP contribution in [0.25, 0.3) is 11.0 Å². The molecule has 98 valence electrons. The minimum Gasteiger partial charge on any atom is -0.493 e. The van der Waals surface area contributed by atoms with Gasteiger partial charge in [-0.1, -0.05) is 26.0 Å². The van der Waals surface area contributed by atoms with E-state index < -0.39 is 0 Å². The molecule has 4 nitrogen and oxygen atoms in total. The van der Waals surface area contributed by atoms with Gasteiger partial charge in [-0.3, -0.25) is 0 Å². The molecule has 0 spiro atoms. The van der Waals surface area contributed by atoms with Crippen LogP contribution in [-0.2, 0) is 6.54 Å². The molecule has 18 heavy (non-hydrogen) atoms. The highest BCUT2D eigenvalue weighted by molar-refractivity contribution is 9.10. The smallest absolute Gasteiger partial charge is 0.135 e. The highest BCUT2D eigenvalue weighted by atomic mass is 79.9. The molecule has 2 aromatic rings. The van der Waals surface area contributed by atoms with Crippen molar-refractivity contribution in [2.24, 2.45) is 5.41 Å². The van der Waals surface area contributed by atoms with Crippen molar-refractivity contribution in [1.82, 2.24) is 15.0 Å². The largest absolute Gasteiger partial charge is 0.493 e. The Kier molecular flexibility index (Phi) is 3.61. The van der Waals surface area contributed by atoms with E-state index in [0.717, 1.165) is 27.8 Å². The van der Waals surface area contributed by atoms with E-state index in [2.05, 4.69) is 47.0 Å². The van der Waals surface area contributed by atoms with E-state index in [-0.39, 0.29) is 5.41 Å². The molecule has 2 rings (SSSR count). The number of nitrogens with zero attached hydrogens (tertiary/aromatic N) is 3. The third-order valence-corrected chi connectivity index (χ3v) is 3.28. The summed E-state index contributed by atoms with van der Waals surface area (Å²) in [5.74, 6) is 0.813. The van der Waals surface area contributed by atoms with Crippen LogP contribution in [0, 0.1) is 5.41 Å². The van der Waals surface area contributed by atoms with Crippen molar-refractivity contribution in [2.45, 2.75) is 34.2 Å². The van der Waals surface area contributed by atoms with E-state index in [4.69, 9.17) is 4.74 Å². The summed E-state index contributed by atoms with van der Waals surface area (Å²) in [7, 11) is 0. The molecular formula is C13H18BrN3O. The van der Waals surface area contributed by atoms with Gasteiger partial charge in [0, 0.05) is 6.54 Å². The van der Waals surface area contributed by atoms with Gasteiger partial charge in [-0.25, -0.2) is 4.68 Å². The number of halogens is 1. The lowest BCUT2D eigenvalue weighted by Crippen LogP contribution is -2.16. The summed E-state index contributed by atoms with van der Waals surface area (Å²) in [6.07, 6.45) is 0. The van der Waals surface area contributed by atoms with Crippen molar-refractivity contribution in [1.29, 1.82) is 0 Å². The molecule has 0 bridgehead atoms. The SMILES string of the molecule is CCOc1ccc2c(nnn2CC(C)(C)C)c1Br. The van der Waals surface area contributed by atoms with Crippen molar-refractivity contribution in [3.63, 3.8) is 0 Å². The maximum absolute atomic E-state index is 5.53. The van der Waals surface area contributed by atoms with Gasteiger partial charge in [0.1, 0.15) is 11.3 Å². The third-order valence-electron chi connectivity index (χ3n) is 2.51. The molecule has 0 unspecified atom stereocenters. The van der Waals surface area contributed by atoms with Gasteiger partial charge in [-0.2, -0.15) is 0 Å². The first-order valence-electron chi connectivity index (χ1n) is 6.07. The predicted octanol–water partition coefficient (Wildman–Crippen LogP) is 3.64. The molecular weight excluding hydrogens is 294 g/mol. The number of ether oxygens (including phenoxy) is 1. The Morgan fingerprint density at radius 1 is 1.33 bits per heavy atom. The summed E-state index contributed by atoms with van der Waals surface area (Å²) in [6, 6.07) is 3.97. The minimum atomic E-state index is 0.172. The second-order valence-electron chi connectivity index (χ2n) is 5.49. The molecule has 0 aliphatic carbocycles. The van der Waals surface area contributed by atoms with Crippen LogP contribution in [-0.4, -0.2) is 21.6 Å². The Balaban J connectivity index is 2.46. The molecule has 1 aromatic heterocycles. The van der Waals surface area contributed by atoms with Crippen molar-refractivity contribution in [3.8, 4) is 5.75 Å². The third kappa shape index (κ3) is 2.66. The van der Waals surface area contributed by atoms with E-state index in [0.29, 0.717) is 6.61 Å². The van der Waals surface area contributed by atoms with E-state index in [1.54, 1.807) is 0 Å². The summed E-state index contributed by atoms with van der Waals surface area (Å²) in [5.41, 5.74) is 2.05. The van der Waals surface area contributed by atoms with Gasteiger partial charge in [0.05, 0.1) is 16.6 Å². The Labute approximate surface area is 115 Å². The van der Waals surface area contributed by atoms with Gasteiger partial charge in [0.2, 0.25) is 0 Å². The van der Waals surface area contributed by atoms with Crippen LogP contribution >= 0.6 is 15.9 Å². The average Bonchev–Trinajstić information content (AvgIpc) is 2.64.